The molecule has 4 nitrogen and oxygen atoms in total. The normalized spacial score (nSPS) is 29.8. The molecule has 0 radical (unpaired) electrons. The number of hydrogen-bond donors (Lipinski definition) is 1. The zero-order chi connectivity index (χ0) is 17.7. The summed E-state index contributed by atoms with van der Waals surface area (Å²) in [5, 5.41) is 11.9. The lowest BCUT2D eigenvalue weighted by molar-refractivity contribution is -0.0587. The number of likely N-dealkylation sites (N-methyl/N-ethyl adjacent to an activating group) is 1. The Morgan fingerprint density at radius 1 is 1.08 bits per heavy atom. The van der Waals surface area contributed by atoms with E-state index in [9.17, 15) is 5.11 Å². The Bertz CT molecular complexity index is 542. The number of ether oxygens (including phenoxy) is 1. The molecule has 140 valence electrons. The first kappa shape index (κ1) is 18.7. The van der Waals surface area contributed by atoms with E-state index in [1.54, 1.807) is 7.11 Å². The van der Waals surface area contributed by atoms with Crippen LogP contribution >= 0.6 is 0 Å². The summed E-state index contributed by atoms with van der Waals surface area (Å²) >= 11 is 0. The highest BCUT2D eigenvalue weighted by molar-refractivity contribution is 5.38. The number of methoxy groups -OCH3 is 1. The maximum atomic E-state index is 11.9. The van der Waals surface area contributed by atoms with Crippen molar-refractivity contribution in [3.63, 3.8) is 0 Å². The Labute approximate surface area is 152 Å². The smallest absolute Gasteiger partial charge is 0.124 e. The lowest BCUT2D eigenvalue weighted by atomic mass is 9.73. The molecule has 2 unspecified atom stereocenters. The number of benzene rings is 1. The Kier molecular flexibility index (Phi) is 6.37. The molecule has 2 fully saturated rings. The fraction of sp³-hybridized carbons (Fsp3) is 0.714. The van der Waals surface area contributed by atoms with Crippen LogP contribution in [0.1, 0.15) is 44.1 Å². The van der Waals surface area contributed by atoms with Gasteiger partial charge in [-0.1, -0.05) is 43.9 Å². The predicted octanol–water partition coefficient (Wildman–Crippen LogP) is 3.10. The Hall–Kier alpha value is -1.10. The summed E-state index contributed by atoms with van der Waals surface area (Å²) in [6.45, 7) is 5.45. The molecule has 1 N–H and O–H groups in total. The third kappa shape index (κ3) is 4.36. The van der Waals surface area contributed by atoms with Crippen LogP contribution in [0.15, 0.2) is 24.3 Å². The van der Waals surface area contributed by atoms with E-state index in [-0.39, 0.29) is 5.92 Å². The summed E-state index contributed by atoms with van der Waals surface area (Å²) in [5.74, 6) is 1.10. The maximum Gasteiger partial charge on any atom is 0.124 e. The largest absolute Gasteiger partial charge is 0.496 e. The lowest BCUT2D eigenvalue weighted by Crippen LogP contribution is -2.49. The van der Waals surface area contributed by atoms with E-state index in [0.29, 0.717) is 0 Å². The summed E-state index contributed by atoms with van der Waals surface area (Å²) in [6.07, 6.45) is 6.76. The van der Waals surface area contributed by atoms with Gasteiger partial charge in [0.25, 0.3) is 0 Å². The van der Waals surface area contributed by atoms with Gasteiger partial charge in [0.05, 0.1) is 12.7 Å². The minimum absolute atomic E-state index is 0.271. The van der Waals surface area contributed by atoms with E-state index < -0.39 is 5.60 Å². The SMILES string of the molecule is COc1ccccc1C1(O)CCCCCCC1CN1CCN(C)CC1. The van der Waals surface area contributed by atoms with Gasteiger partial charge in [-0.05, 0) is 26.0 Å². The quantitative estimate of drug-likeness (QED) is 0.909. The minimum Gasteiger partial charge on any atom is -0.496 e. The summed E-state index contributed by atoms with van der Waals surface area (Å²) in [5.41, 5.74) is 0.203. The minimum atomic E-state index is -0.781. The first-order valence-electron chi connectivity index (χ1n) is 9.90. The molecular weight excluding hydrogens is 312 g/mol. The van der Waals surface area contributed by atoms with Crippen LogP contribution in [-0.2, 0) is 5.60 Å². The van der Waals surface area contributed by atoms with Crippen LogP contribution < -0.4 is 4.74 Å². The molecule has 1 saturated carbocycles. The first-order chi connectivity index (χ1) is 12.1. The van der Waals surface area contributed by atoms with E-state index in [1.165, 1.54) is 19.3 Å². The van der Waals surface area contributed by atoms with Crippen molar-refractivity contribution in [2.24, 2.45) is 5.92 Å². The molecule has 1 aromatic rings. The molecule has 3 rings (SSSR count). The molecule has 2 atom stereocenters. The highest BCUT2D eigenvalue weighted by Crippen LogP contribution is 2.43. The van der Waals surface area contributed by atoms with E-state index in [1.807, 2.05) is 18.2 Å². The van der Waals surface area contributed by atoms with Crippen LogP contribution in [-0.4, -0.2) is 61.8 Å². The second kappa shape index (κ2) is 8.52. The van der Waals surface area contributed by atoms with Crippen molar-refractivity contribution in [2.75, 3.05) is 46.9 Å². The Morgan fingerprint density at radius 3 is 2.56 bits per heavy atom. The van der Waals surface area contributed by atoms with Crippen LogP contribution in [0, 0.1) is 5.92 Å². The van der Waals surface area contributed by atoms with Crippen LogP contribution in [0.25, 0.3) is 0 Å². The van der Waals surface area contributed by atoms with Gasteiger partial charge in [-0.2, -0.15) is 0 Å². The standard InChI is InChI=1S/C21H34N2O2/c1-22-13-15-23(16-14-22)17-18-9-5-3-4-8-12-21(18,24)19-10-6-7-11-20(19)25-2/h6-7,10-11,18,24H,3-5,8-9,12-17H2,1-2H3. The number of rotatable bonds is 4. The van der Waals surface area contributed by atoms with Crippen molar-refractivity contribution in [3.8, 4) is 5.75 Å². The average Bonchev–Trinajstić information content (AvgIpc) is 2.63. The van der Waals surface area contributed by atoms with E-state index in [2.05, 4.69) is 22.9 Å². The Balaban J connectivity index is 1.85. The fourth-order valence-corrected chi connectivity index (χ4v) is 4.52. The topological polar surface area (TPSA) is 35.9 Å². The monoisotopic (exact) mass is 346 g/mol. The molecular formula is C21H34N2O2. The van der Waals surface area contributed by atoms with Gasteiger partial charge in [-0.15, -0.1) is 0 Å². The van der Waals surface area contributed by atoms with E-state index >= 15 is 0 Å². The zero-order valence-corrected chi connectivity index (χ0v) is 15.9. The van der Waals surface area contributed by atoms with Crippen molar-refractivity contribution in [2.45, 2.75) is 44.1 Å². The highest BCUT2D eigenvalue weighted by atomic mass is 16.5. The molecule has 0 aromatic heterocycles. The number of aliphatic hydroxyl groups is 1. The number of para-hydroxylation sites is 1. The maximum absolute atomic E-state index is 11.9. The summed E-state index contributed by atoms with van der Waals surface area (Å²) in [7, 11) is 3.90. The lowest BCUT2D eigenvalue weighted by Gasteiger charge is -2.43. The van der Waals surface area contributed by atoms with E-state index in [4.69, 9.17) is 4.74 Å². The Morgan fingerprint density at radius 2 is 1.80 bits per heavy atom. The van der Waals surface area contributed by atoms with Crippen LogP contribution in [0.4, 0.5) is 0 Å². The van der Waals surface area contributed by atoms with Gasteiger partial charge in [0.2, 0.25) is 0 Å². The van der Waals surface area contributed by atoms with Gasteiger partial charge in [0.1, 0.15) is 5.75 Å². The van der Waals surface area contributed by atoms with Crippen LogP contribution in [0.3, 0.4) is 0 Å². The molecule has 1 aliphatic carbocycles. The summed E-state index contributed by atoms with van der Waals surface area (Å²) < 4.78 is 5.61. The third-order valence-corrected chi connectivity index (χ3v) is 6.18. The fourth-order valence-electron chi connectivity index (χ4n) is 4.52. The summed E-state index contributed by atoms with van der Waals surface area (Å²) in [6, 6.07) is 8.07. The van der Waals surface area contributed by atoms with Crippen molar-refractivity contribution in [3.05, 3.63) is 29.8 Å². The third-order valence-electron chi connectivity index (χ3n) is 6.18. The molecule has 25 heavy (non-hydrogen) atoms. The molecule has 1 saturated heterocycles. The second-order valence-electron chi connectivity index (χ2n) is 7.88. The molecule has 1 heterocycles. The average molecular weight is 347 g/mol. The zero-order valence-electron chi connectivity index (χ0n) is 15.9. The van der Waals surface area contributed by atoms with Crippen molar-refractivity contribution in [1.82, 2.24) is 9.80 Å². The second-order valence-corrected chi connectivity index (χ2v) is 7.88. The van der Waals surface area contributed by atoms with Gasteiger partial charge in [0.15, 0.2) is 0 Å². The molecule has 1 aromatic carbocycles. The van der Waals surface area contributed by atoms with Gasteiger partial charge >= 0.3 is 0 Å². The number of nitrogens with zero attached hydrogens (tertiary/aromatic N) is 2. The van der Waals surface area contributed by atoms with Gasteiger partial charge in [-0.25, -0.2) is 0 Å². The number of hydrogen-bond acceptors (Lipinski definition) is 4. The molecule has 0 bridgehead atoms. The highest BCUT2D eigenvalue weighted by Gasteiger charge is 2.41. The first-order valence-corrected chi connectivity index (χ1v) is 9.90. The van der Waals surface area contributed by atoms with Crippen LogP contribution in [0.2, 0.25) is 0 Å². The van der Waals surface area contributed by atoms with E-state index in [0.717, 1.165) is 63.3 Å². The van der Waals surface area contributed by atoms with Gasteiger partial charge in [0, 0.05) is 44.2 Å². The molecule has 2 aliphatic rings. The van der Waals surface area contributed by atoms with Crippen molar-refractivity contribution in [1.29, 1.82) is 0 Å². The molecule has 1 aliphatic heterocycles. The van der Waals surface area contributed by atoms with Crippen molar-refractivity contribution < 1.29 is 9.84 Å². The van der Waals surface area contributed by atoms with Crippen molar-refractivity contribution >= 4 is 0 Å². The van der Waals surface area contributed by atoms with Gasteiger partial charge < -0.3 is 19.6 Å². The van der Waals surface area contributed by atoms with Crippen LogP contribution in [0.5, 0.6) is 5.75 Å². The molecule has 4 heteroatoms. The number of piperazine rings is 1. The van der Waals surface area contributed by atoms with Gasteiger partial charge in [-0.3, -0.25) is 0 Å². The predicted molar refractivity (Wildman–Crippen MR) is 102 cm³/mol. The summed E-state index contributed by atoms with van der Waals surface area (Å²) in [4.78, 5) is 4.94. The molecule has 0 spiro atoms. The molecule has 0 amide bonds.